The second kappa shape index (κ2) is 6.88. The fourth-order valence-corrected chi connectivity index (χ4v) is 1.40. The Hall–Kier alpha value is -1.37. The lowest BCUT2D eigenvalue weighted by molar-refractivity contribution is -0.158. The van der Waals surface area contributed by atoms with Crippen LogP contribution in [-0.4, -0.2) is 46.2 Å². The van der Waals surface area contributed by atoms with Crippen molar-refractivity contribution in [3.05, 3.63) is 0 Å². The summed E-state index contributed by atoms with van der Waals surface area (Å²) < 4.78 is 10.3. The molecule has 0 aromatic carbocycles. The third kappa shape index (κ3) is 9.55. The first-order chi connectivity index (χ1) is 8.80. The molecule has 0 radical (unpaired) electrons. The van der Waals surface area contributed by atoms with Gasteiger partial charge in [0, 0.05) is 0 Å². The maximum absolute atomic E-state index is 11.7. The molecule has 116 valence electrons. The molecule has 20 heavy (non-hydrogen) atoms. The van der Waals surface area contributed by atoms with Crippen LogP contribution in [0, 0.1) is 0 Å². The molecule has 0 unspecified atom stereocenters. The molecule has 0 fully saturated rings. The summed E-state index contributed by atoms with van der Waals surface area (Å²) in [5.74, 6) is -1.01. The quantitative estimate of drug-likeness (QED) is 0.617. The van der Waals surface area contributed by atoms with Crippen molar-refractivity contribution >= 4 is 29.3 Å². The van der Waals surface area contributed by atoms with Gasteiger partial charge in [-0.05, 0) is 53.8 Å². The number of rotatable bonds is 4. The molecule has 0 saturated heterocycles. The Morgan fingerprint density at radius 3 is 1.45 bits per heavy atom. The lowest BCUT2D eigenvalue weighted by Gasteiger charge is -2.26. The van der Waals surface area contributed by atoms with E-state index in [-0.39, 0.29) is 18.2 Å². The normalized spacial score (nSPS) is 11.7. The molecule has 0 aromatic rings. The average Bonchev–Trinajstić information content (AvgIpc) is 2.09. The second-order valence-electron chi connectivity index (χ2n) is 6.37. The van der Waals surface area contributed by atoms with Crippen molar-refractivity contribution in [1.29, 1.82) is 0 Å². The molecule has 0 aromatic heterocycles. The van der Waals surface area contributed by atoms with E-state index in [1.165, 1.54) is 4.90 Å². The van der Waals surface area contributed by atoms with E-state index in [1.807, 2.05) is 0 Å². The predicted molar refractivity (Wildman–Crippen MR) is 80.0 cm³/mol. The zero-order chi connectivity index (χ0) is 16.1. The number of carbonyl (C=O) groups is 2. The fourth-order valence-electron chi connectivity index (χ4n) is 1.27. The van der Waals surface area contributed by atoms with Crippen molar-refractivity contribution in [2.24, 2.45) is 5.73 Å². The Morgan fingerprint density at radius 1 is 0.950 bits per heavy atom. The van der Waals surface area contributed by atoms with Crippen LogP contribution in [0.4, 0.5) is 0 Å². The molecule has 0 aliphatic carbocycles. The van der Waals surface area contributed by atoms with E-state index in [4.69, 9.17) is 27.4 Å². The van der Waals surface area contributed by atoms with Gasteiger partial charge in [0.25, 0.3) is 0 Å². The van der Waals surface area contributed by atoms with Gasteiger partial charge in [0.05, 0.1) is 0 Å². The van der Waals surface area contributed by atoms with E-state index >= 15 is 0 Å². The lowest BCUT2D eigenvalue weighted by Crippen LogP contribution is -2.45. The molecule has 0 aliphatic heterocycles. The van der Waals surface area contributed by atoms with Crippen molar-refractivity contribution in [3.63, 3.8) is 0 Å². The number of ether oxygens (including phenoxy) is 2. The molecule has 2 N–H and O–H groups in total. The van der Waals surface area contributed by atoms with Gasteiger partial charge in [0.15, 0.2) is 5.11 Å². The SMILES string of the molecule is CC(C)(C)OC(=O)CN(CC(=O)OC(C)(C)C)C(N)=S. The highest BCUT2D eigenvalue weighted by molar-refractivity contribution is 7.80. The molecule has 0 spiro atoms. The summed E-state index contributed by atoms with van der Waals surface area (Å²) in [5.41, 5.74) is 4.29. The van der Waals surface area contributed by atoms with Crippen LogP contribution in [-0.2, 0) is 19.1 Å². The van der Waals surface area contributed by atoms with Crippen molar-refractivity contribution in [2.75, 3.05) is 13.1 Å². The van der Waals surface area contributed by atoms with E-state index < -0.39 is 23.1 Å². The van der Waals surface area contributed by atoms with Crippen LogP contribution in [0.1, 0.15) is 41.5 Å². The summed E-state index contributed by atoms with van der Waals surface area (Å²) >= 11 is 4.82. The predicted octanol–water partition coefficient (Wildman–Crippen LogP) is 1.22. The summed E-state index contributed by atoms with van der Waals surface area (Å²) in [7, 11) is 0. The van der Waals surface area contributed by atoms with E-state index in [0.29, 0.717) is 0 Å². The third-order valence-corrected chi connectivity index (χ3v) is 2.05. The van der Waals surface area contributed by atoms with Gasteiger partial charge in [-0.1, -0.05) is 0 Å². The van der Waals surface area contributed by atoms with Gasteiger partial charge in [-0.3, -0.25) is 9.59 Å². The number of nitrogens with two attached hydrogens (primary N) is 1. The van der Waals surface area contributed by atoms with E-state index in [1.54, 1.807) is 41.5 Å². The van der Waals surface area contributed by atoms with Crippen LogP contribution in [0.15, 0.2) is 0 Å². The maximum Gasteiger partial charge on any atom is 0.326 e. The van der Waals surface area contributed by atoms with Crippen LogP contribution >= 0.6 is 12.2 Å². The molecule has 0 saturated carbocycles. The van der Waals surface area contributed by atoms with Gasteiger partial charge in [-0.15, -0.1) is 0 Å². The van der Waals surface area contributed by atoms with E-state index in [2.05, 4.69) is 0 Å². The Bertz CT molecular complexity index is 353. The first-order valence-electron chi connectivity index (χ1n) is 6.28. The molecular weight excluding hydrogens is 280 g/mol. The molecule has 0 rings (SSSR count). The van der Waals surface area contributed by atoms with Gasteiger partial charge in [0.1, 0.15) is 24.3 Å². The molecule has 6 nitrogen and oxygen atoms in total. The smallest absolute Gasteiger partial charge is 0.326 e. The number of hydrogen-bond donors (Lipinski definition) is 1. The Balaban J connectivity index is 4.56. The second-order valence-corrected chi connectivity index (χ2v) is 6.79. The van der Waals surface area contributed by atoms with Crippen LogP contribution in [0.3, 0.4) is 0 Å². The molecule has 0 atom stereocenters. The van der Waals surface area contributed by atoms with Crippen molar-refractivity contribution < 1.29 is 19.1 Å². The Kier molecular flexibility index (Phi) is 6.40. The van der Waals surface area contributed by atoms with Gasteiger partial charge in [0.2, 0.25) is 0 Å². The zero-order valence-corrected chi connectivity index (χ0v) is 13.8. The first kappa shape index (κ1) is 18.6. The minimum atomic E-state index is -0.606. The minimum absolute atomic E-state index is 0.0540. The number of hydrogen-bond acceptors (Lipinski definition) is 5. The van der Waals surface area contributed by atoms with E-state index in [9.17, 15) is 9.59 Å². The highest BCUT2D eigenvalue weighted by Gasteiger charge is 2.23. The standard InChI is InChI=1S/C13H24N2O4S/c1-12(2,3)18-9(16)7-15(11(14)20)8-10(17)19-13(4,5)6/h7-8H2,1-6H3,(H2,14,20). The summed E-state index contributed by atoms with van der Waals surface area (Å²) in [6.45, 7) is 10.1. The fraction of sp³-hybridized carbons (Fsp3) is 0.769. The van der Waals surface area contributed by atoms with Crippen LogP contribution in [0.25, 0.3) is 0 Å². The highest BCUT2D eigenvalue weighted by Crippen LogP contribution is 2.09. The molecule has 0 amide bonds. The third-order valence-electron chi connectivity index (χ3n) is 1.79. The van der Waals surface area contributed by atoms with Crippen LogP contribution in [0.2, 0.25) is 0 Å². The molecular formula is C13H24N2O4S. The largest absolute Gasteiger partial charge is 0.459 e. The van der Waals surface area contributed by atoms with Gasteiger partial charge >= 0.3 is 11.9 Å². The first-order valence-corrected chi connectivity index (χ1v) is 6.69. The van der Waals surface area contributed by atoms with Crippen LogP contribution in [0.5, 0.6) is 0 Å². The Morgan fingerprint density at radius 2 is 1.25 bits per heavy atom. The van der Waals surface area contributed by atoms with Crippen molar-refractivity contribution in [3.8, 4) is 0 Å². The van der Waals surface area contributed by atoms with Crippen LogP contribution < -0.4 is 5.73 Å². The van der Waals surface area contributed by atoms with Crippen molar-refractivity contribution in [2.45, 2.75) is 52.7 Å². The molecule has 0 bridgehead atoms. The zero-order valence-electron chi connectivity index (χ0n) is 13.0. The van der Waals surface area contributed by atoms with Gasteiger partial charge in [-0.25, -0.2) is 0 Å². The van der Waals surface area contributed by atoms with E-state index in [0.717, 1.165) is 0 Å². The van der Waals surface area contributed by atoms with Crippen molar-refractivity contribution in [1.82, 2.24) is 4.90 Å². The highest BCUT2D eigenvalue weighted by atomic mass is 32.1. The lowest BCUT2D eigenvalue weighted by atomic mass is 10.2. The molecule has 0 heterocycles. The van der Waals surface area contributed by atoms with Gasteiger partial charge in [-0.2, -0.15) is 0 Å². The maximum atomic E-state index is 11.7. The van der Waals surface area contributed by atoms with Gasteiger partial charge < -0.3 is 20.1 Å². The summed E-state index contributed by atoms with van der Waals surface area (Å²) in [4.78, 5) is 24.7. The number of esters is 2. The topological polar surface area (TPSA) is 81.9 Å². The summed E-state index contributed by atoms with van der Waals surface area (Å²) in [5, 5.41) is -0.0540. The summed E-state index contributed by atoms with van der Waals surface area (Å²) in [6.07, 6.45) is 0. The summed E-state index contributed by atoms with van der Waals surface area (Å²) in [6, 6.07) is 0. The minimum Gasteiger partial charge on any atom is -0.459 e. The molecule has 7 heteroatoms. The number of carbonyl (C=O) groups excluding carboxylic acids is 2. The Labute approximate surface area is 125 Å². The molecule has 0 aliphatic rings. The monoisotopic (exact) mass is 304 g/mol. The number of nitrogens with zero attached hydrogens (tertiary/aromatic N) is 1. The average molecular weight is 304 g/mol. The number of thiocarbonyl (C=S) groups is 1.